The van der Waals surface area contributed by atoms with E-state index >= 15 is 0 Å². The van der Waals surface area contributed by atoms with Gasteiger partial charge in [0, 0.05) is 31.7 Å². The molecule has 1 atom stereocenters. The molecule has 3 rings (SSSR count). The third-order valence-corrected chi connectivity index (χ3v) is 6.24. The normalized spacial score (nSPS) is 20.8. The van der Waals surface area contributed by atoms with Crippen LogP contribution >= 0.6 is 11.8 Å². The highest BCUT2D eigenvalue weighted by molar-refractivity contribution is 8.14. The van der Waals surface area contributed by atoms with Gasteiger partial charge in [-0.25, -0.2) is 5.01 Å². The molecule has 7 nitrogen and oxygen atoms in total. The number of morpholine rings is 1. The van der Waals surface area contributed by atoms with Crippen LogP contribution < -0.4 is 9.47 Å². The molecule has 1 fully saturated rings. The number of methoxy groups -OCH3 is 2. The second-order valence-corrected chi connectivity index (χ2v) is 7.92. The number of amides is 1. The number of hydrogen-bond acceptors (Lipinski definition) is 7. The Kier molecular flexibility index (Phi) is 7.58. The Hall–Kier alpha value is -1.77. The number of carbonyl (C=O) groups excluding carboxylic acids is 1. The molecule has 1 amide bonds. The molecular formula is C20H29N3O4S. The summed E-state index contributed by atoms with van der Waals surface area (Å²) >= 11 is 1.36. The summed E-state index contributed by atoms with van der Waals surface area (Å²) in [5.74, 6) is 1.35. The fourth-order valence-electron chi connectivity index (χ4n) is 3.40. The van der Waals surface area contributed by atoms with E-state index in [0.717, 1.165) is 57.0 Å². The SMILES string of the molecule is CCC1SC(=O)N(CCCN2CCOCC2)N=C1c1ccc(OC)c(OC)c1. The molecule has 0 spiro atoms. The van der Waals surface area contributed by atoms with Crippen molar-refractivity contribution in [3.63, 3.8) is 0 Å². The molecule has 0 aromatic heterocycles. The van der Waals surface area contributed by atoms with Gasteiger partial charge in [-0.2, -0.15) is 5.10 Å². The summed E-state index contributed by atoms with van der Waals surface area (Å²) < 4.78 is 16.2. The molecule has 154 valence electrons. The monoisotopic (exact) mass is 407 g/mol. The lowest BCUT2D eigenvalue weighted by molar-refractivity contribution is 0.0366. The van der Waals surface area contributed by atoms with E-state index in [-0.39, 0.29) is 10.5 Å². The molecule has 1 aromatic carbocycles. The maximum Gasteiger partial charge on any atom is 0.302 e. The maximum atomic E-state index is 12.5. The number of ether oxygens (including phenoxy) is 3. The third-order valence-electron chi connectivity index (χ3n) is 4.99. The van der Waals surface area contributed by atoms with Crippen molar-refractivity contribution in [2.45, 2.75) is 25.0 Å². The highest BCUT2D eigenvalue weighted by Gasteiger charge is 2.30. The second kappa shape index (κ2) is 10.1. The average molecular weight is 408 g/mol. The summed E-state index contributed by atoms with van der Waals surface area (Å²) in [6.07, 6.45) is 1.73. The van der Waals surface area contributed by atoms with E-state index in [9.17, 15) is 4.79 Å². The van der Waals surface area contributed by atoms with E-state index in [1.165, 1.54) is 11.8 Å². The van der Waals surface area contributed by atoms with Gasteiger partial charge in [0.15, 0.2) is 11.5 Å². The molecule has 2 aliphatic rings. The standard InChI is InChI=1S/C20H29N3O4S/c1-4-18-19(15-6-7-16(25-2)17(14-15)26-3)21-23(20(24)28-18)9-5-8-22-10-12-27-13-11-22/h6-7,14,18H,4-5,8-13H2,1-3H3. The van der Waals surface area contributed by atoms with Crippen molar-refractivity contribution in [3.05, 3.63) is 23.8 Å². The first-order valence-electron chi connectivity index (χ1n) is 9.75. The van der Waals surface area contributed by atoms with Crippen LogP contribution in [0.1, 0.15) is 25.3 Å². The summed E-state index contributed by atoms with van der Waals surface area (Å²) in [4.78, 5) is 14.9. The van der Waals surface area contributed by atoms with Gasteiger partial charge >= 0.3 is 5.24 Å². The minimum absolute atomic E-state index is 0.0260. The Morgan fingerprint density at radius 3 is 2.61 bits per heavy atom. The number of thioether (sulfide) groups is 1. The molecule has 0 saturated carbocycles. The molecule has 8 heteroatoms. The number of hydrogen-bond donors (Lipinski definition) is 0. The van der Waals surface area contributed by atoms with Crippen LogP contribution in [-0.4, -0.2) is 79.7 Å². The van der Waals surface area contributed by atoms with Crippen molar-refractivity contribution in [2.24, 2.45) is 5.10 Å². The van der Waals surface area contributed by atoms with E-state index < -0.39 is 0 Å². The molecule has 1 unspecified atom stereocenters. The Labute approximate surface area is 171 Å². The summed E-state index contributed by atoms with van der Waals surface area (Å²) in [5.41, 5.74) is 1.88. The van der Waals surface area contributed by atoms with Crippen LogP contribution in [0.4, 0.5) is 4.79 Å². The molecule has 0 radical (unpaired) electrons. The summed E-state index contributed by atoms with van der Waals surface area (Å²) in [5, 5.41) is 6.42. The molecule has 2 heterocycles. The van der Waals surface area contributed by atoms with Crippen molar-refractivity contribution in [1.82, 2.24) is 9.91 Å². The van der Waals surface area contributed by atoms with Gasteiger partial charge in [-0.3, -0.25) is 9.69 Å². The van der Waals surface area contributed by atoms with Gasteiger partial charge in [0.2, 0.25) is 0 Å². The first-order chi connectivity index (χ1) is 13.7. The molecule has 0 bridgehead atoms. The Bertz CT molecular complexity index is 707. The van der Waals surface area contributed by atoms with E-state index in [1.54, 1.807) is 19.2 Å². The van der Waals surface area contributed by atoms with Crippen LogP contribution in [0.2, 0.25) is 0 Å². The molecule has 0 N–H and O–H groups in total. The van der Waals surface area contributed by atoms with Crippen LogP contribution in [0.15, 0.2) is 23.3 Å². The lowest BCUT2D eigenvalue weighted by atomic mass is 10.0. The van der Waals surface area contributed by atoms with Crippen molar-refractivity contribution in [2.75, 3.05) is 53.6 Å². The number of rotatable bonds is 8. The zero-order chi connectivity index (χ0) is 19.9. The number of hydrazone groups is 1. The highest BCUT2D eigenvalue weighted by atomic mass is 32.2. The fraction of sp³-hybridized carbons (Fsp3) is 0.600. The van der Waals surface area contributed by atoms with Gasteiger partial charge in [-0.15, -0.1) is 0 Å². The van der Waals surface area contributed by atoms with Crippen molar-refractivity contribution in [3.8, 4) is 11.5 Å². The van der Waals surface area contributed by atoms with Crippen molar-refractivity contribution >= 4 is 22.7 Å². The molecule has 28 heavy (non-hydrogen) atoms. The molecular weight excluding hydrogens is 378 g/mol. The summed E-state index contributed by atoms with van der Waals surface area (Å²) in [6, 6.07) is 5.79. The Balaban J connectivity index is 1.73. The minimum Gasteiger partial charge on any atom is -0.493 e. The van der Waals surface area contributed by atoms with E-state index in [4.69, 9.17) is 19.3 Å². The highest BCUT2D eigenvalue weighted by Crippen LogP contribution is 2.33. The molecule has 1 saturated heterocycles. The molecule has 2 aliphatic heterocycles. The predicted molar refractivity (Wildman–Crippen MR) is 112 cm³/mol. The van der Waals surface area contributed by atoms with Gasteiger partial charge in [0.1, 0.15) is 0 Å². The first-order valence-corrected chi connectivity index (χ1v) is 10.6. The van der Waals surface area contributed by atoms with E-state index in [0.29, 0.717) is 18.0 Å². The minimum atomic E-state index is 0.0260. The van der Waals surface area contributed by atoms with E-state index in [1.807, 2.05) is 18.2 Å². The smallest absolute Gasteiger partial charge is 0.302 e. The van der Waals surface area contributed by atoms with Crippen molar-refractivity contribution in [1.29, 1.82) is 0 Å². The quantitative estimate of drug-likeness (QED) is 0.660. The van der Waals surface area contributed by atoms with Crippen LogP contribution in [0.3, 0.4) is 0 Å². The van der Waals surface area contributed by atoms with Gasteiger partial charge in [0.05, 0.1) is 38.4 Å². The predicted octanol–water partition coefficient (Wildman–Crippen LogP) is 3.08. The zero-order valence-corrected chi connectivity index (χ0v) is 17.7. The number of carbonyl (C=O) groups is 1. The van der Waals surface area contributed by atoms with Crippen molar-refractivity contribution < 1.29 is 19.0 Å². The van der Waals surface area contributed by atoms with Crippen LogP contribution in [0.5, 0.6) is 11.5 Å². The van der Waals surface area contributed by atoms with Gasteiger partial charge in [0.25, 0.3) is 0 Å². The second-order valence-electron chi connectivity index (χ2n) is 6.77. The number of benzene rings is 1. The van der Waals surface area contributed by atoms with Crippen LogP contribution in [0.25, 0.3) is 0 Å². The Morgan fingerprint density at radius 1 is 1.18 bits per heavy atom. The summed E-state index contributed by atoms with van der Waals surface area (Å²) in [7, 11) is 3.24. The maximum absolute atomic E-state index is 12.5. The number of nitrogens with zero attached hydrogens (tertiary/aromatic N) is 3. The average Bonchev–Trinajstić information content (AvgIpc) is 2.74. The molecule has 0 aliphatic carbocycles. The van der Waals surface area contributed by atoms with E-state index in [2.05, 4.69) is 11.8 Å². The Morgan fingerprint density at radius 2 is 1.93 bits per heavy atom. The lowest BCUT2D eigenvalue weighted by Gasteiger charge is -2.30. The third kappa shape index (κ3) is 4.98. The molecule has 1 aromatic rings. The first kappa shape index (κ1) is 21.0. The largest absolute Gasteiger partial charge is 0.493 e. The lowest BCUT2D eigenvalue weighted by Crippen LogP contribution is -2.39. The van der Waals surface area contributed by atoms with Crippen LogP contribution in [-0.2, 0) is 4.74 Å². The van der Waals surface area contributed by atoms with Crippen LogP contribution in [0, 0.1) is 0 Å². The van der Waals surface area contributed by atoms with Gasteiger partial charge < -0.3 is 14.2 Å². The zero-order valence-electron chi connectivity index (χ0n) is 16.8. The van der Waals surface area contributed by atoms with Gasteiger partial charge in [-0.05, 0) is 31.0 Å². The topological polar surface area (TPSA) is 63.6 Å². The summed E-state index contributed by atoms with van der Waals surface area (Å²) in [6.45, 7) is 7.15. The fourth-order valence-corrected chi connectivity index (χ4v) is 4.36. The van der Waals surface area contributed by atoms with Gasteiger partial charge in [-0.1, -0.05) is 18.7 Å².